The molecule has 0 aliphatic carbocycles. The number of nitrogens with zero attached hydrogens (tertiary/aromatic N) is 2. The lowest BCUT2D eigenvalue weighted by molar-refractivity contribution is -0.384. The number of benzene rings is 1. The minimum absolute atomic E-state index is 0.168. The van der Waals surface area contributed by atoms with Crippen molar-refractivity contribution in [2.24, 2.45) is 0 Å². The maximum absolute atomic E-state index is 12.1. The highest BCUT2D eigenvalue weighted by Crippen LogP contribution is 2.19. The average molecular weight is 308 g/mol. The fourth-order valence-electron chi connectivity index (χ4n) is 1.66. The fraction of sp³-hybridized carbons (Fsp3) is 0.500. The normalized spacial score (nSPS) is 13.2. The van der Waals surface area contributed by atoms with E-state index in [1.54, 1.807) is 0 Å². The van der Waals surface area contributed by atoms with Gasteiger partial charge >= 0.3 is 6.18 Å². The first-order chi connectivity index (χ1) is 9.67. The van der Waals surface area contributed by atoms with Crippen LogP contribution in [0.5, 0.6) is 5.75 Å². The zero-order valence-corrected chi connectivity index (χ0v) is 11.2. The molecule has 1 unspecified atom stereocenters. The molecule has 1 aromatic carbocycles. The van der Waals surface area contributed by atoms with E-state index in [0.717, 1.165) is 4.90 Å². The molecule has 0 aliphatic rings. The van der Waals surface area contributed by atoms with Gasteiger partial charge in [0.15, 0.2) is 0 Å². The van der Waals surface area contributed by atoms with Crippen molar-refractivity contribution in [2.45, 2.75) is 12.3 Å². The number of aliphatic hydroxyl groups is 1. The summed E-state index contributed by atoms with van der Waals surface area (Å²) in [5.74, 6) is 0.168. The molecular weight excluding hydrogens is 293 g/mol. The van der Waals surface area contributed by atoms with Crippen LogP contribution in [0.2, 0.25) is 0 Å². The van der Waals surface area contributed by atoms with E-state index in [9.17, 15) is 28.4 Å². The third-order valence-corrected chi connectivity index (χ3v) is 2.44. The van der Waals surface area contributed by atoms with Crippen LogP contribution >= 0.6 is 0 Å². The number of ether oxygens (including phenoxy) is 1. The standard InChI is InChI=1S/C12H15F3N2O4/c1-16(8-12(13,14)15)6-10(18)7-21-11-4-2-3-9(5-11)17(19)20/h2-5,10,18H,6-8H2,1H3. The Morgan fingerprint density at radius 3 is 2.71 bits per heavy atom. The van der Waals surface area contributed by atoms with Crippen molar-refractivity contribution in [3.05, 3.63) is 34.4 Å². The van der Waals surface area contributed by atoms with Crippen LogP contribution in [0, 0.1) is 10.1 Å². The molecule has 0 saturated heterocycles. The predicted molar refractivity (Wildman–Crippen MR) is 68.2 cm³/mol. The molecule has 0 spiro atoms. The summed E-state index contributed by atoms with van der Waals surface area (Å²) in [6.45, 7) is -1.63. The summed E-state index contributed by atoms with van der Waals surface area (Å²) in [5, 5.41) is 20.1. The van der Waals surface area contributed by atoms with Crippen molar-refractivity contribution in [3.8, 4) is 5.75 Å². The third kappa shape index (κ3) is 6.91. The van der Waals surface area contributed by atoms with Gasteiger partial charge < -0.3 is 9.84 Å². The van der Waals surface area contributed by atoms with Crippen molar-refractivity contribution < 1.29 is 27.9 Å². The van der Waals surface area contributed by atoms with Crippen LogP contribution in [0.1, 0.15) is 0 Å². The molecule has 0 radical (unpaired) electrons. The SMILES string of the molecule is CN(CC(O)COc1cccc([N+](=O)[O-])c1)CC(F)(F)F. The quantitative estimate of drug-likeness (QED) is 0.614. The first-order valence-electron chi connectivity index (χ1n) is 5.98. The summed E-state index contributed by atoms with van der Waals surface area (Å²) in [5.41, 5.74) is -0.170. The van der Waals surface area contributed by atoms with E-state index in [-0.39, 0.29) is 24.6 Å². The molecular formula is C12H15F3N2O4. The van der Waals surface area contributed by atoms with Gasteiger partial charge in [-0.05, 0) is 13.1 Å². The van der Waals surface area contributed by atoms with Crippen LogP contribution < -0.4 is 4.74 Å². The van der Waals surface area contributed by atoms with Gasteiger partial charge in [0, 0.05) is 12.6 Å². The highest BCUT2D eigenvalue weighted by atomic mass is 19.4. The third-order valence-electron chi connectivity index (χ3n) is 2.44. The minimum Gasteiger partial charge on any atom is -0.491 e. The maximum Gasteiger partial charge on any atom is 0.401 e. The van der Waals surface area contributed by atoms with Gasteiger partial charge in [-0.25, -0.2) is 0 Å². The first-order valence-corrected chi connectivity index (χ1v) is 5.98. The van der Waals surface area contributed by atoms with Crippen LogP contribution in [0.4, 0.5) is 18.9 Å². The molecule has 0 aliphatic heterocycles. The maximum atomic E-state index is 12.1. The van der Waals surface area contributed by atoms with Gasteiger partial charge in [0.25, 0.3) is 5.69 Å². The summed E-state index contributed by atoms with van der Waals surface area (Å²) in [4.78, 5) is 10.9. The Bertz CT molecular complexity index is 482. The summed E-state index contributed by atoms with van der Waals surface area (Å²) in [6, 6.07) is 5.32. The molecule has 6 nitrogen and oxygen atoms in total. The fourth-order valence-corrected chi connectivity index (χ4v) is 1.66. The van der Waals surface area contributed by atoms with Crippen molar-refractivity contribution in [2.75, 3.05) is 26.7 Å². The number of non-ortho nitro benzene ring substituents is 1. The van der Waals surface area contributed by atoms with Crippen LogP contribution in [0.3, 0.4) is 0 Å². The Labute approximate surface area is 118 Å². The molecule has 9 heteroatoms. The topological polar surface area (TPSA) is 75.8 Å². The molecule has 1 N–H and O–H groups in total. The molecule has 0 amide bonds. The van der Waals surface area contributed by atoms with Crippen molar-refractivity contribution in [1.82, 2.24) is 4.90 Å². The van der Waals surface area contributed by atoms with Crippen LogP contribution in [0.15, 0.2) is 24.3 Å². The summed E-state index contributed by atoms with van der Waals surface area (Å²) >= 11 is 0. The lowest BCUT2D eigenvalue weighted by Gasteiger charge is -2.21. The molecule has 0 saturated carbocycles. The molecule has 0 heterocycles. The molecule has 0 fully saturated rings. The Morgan fingerprint density at radius 1 is 1.48 bits per heavy atom. The molecule has 118 valence electrons. The van der Waals surface area contributed by atoms with Crippen molar-refractivity contribution in [3.63, 3.8) is 0 Å². The predicted octanol–water partition coefficient (Wildman–Crippen LogP) is 1.83. The van der Waals surface area contributed by atoms with E-state index < -0.39 is 23.7 Å². The van der Waals surface area contributed by atoms with Crippen LogP contribution in [0.25, 0.3) is 0 Å². The van der Waals surface area contributed by atoms with Gasteiger partial charge in [0.2, 0.25) is 0 Å². The number of nitro benzene ring substituents is 1. The van der Waals surface area contributed by atoms with E-state index in [4.69, 9.17) is 4.74 Å². The largest absolute Gasteiger partial charge is 0.491 e. The number of likely N-dealkylation sites (N-methyl/N-ethyl adjacent to an activating group) is 1. The number of rotatable bonds is 7. The number of aliphatic hydroxyl groups excluding tert-OH is 1. The molecule has 0 aromatic heterocycles. The lowest BCUT2D eigenvalue weighted by atomic mass is 10.3. The smallest absolute Gasteiger partial charge is 0.401 e. The van der Waals surface area contributed by atoms with Crippen LogP contribution in [-0.4, -0.2) is 54.0 Å². The van der Waals surface area contributed by atoms with Gasteiger partial charge in [-0.2, -0.15) is 13.2 Å². The number of hydrogen-bond acceptors (Lipinski definition) is 5. The number of alkyl halides is 3. The van der Waals surface area contributed by atoms with E-state index in [0.29, 0.717) is 0 Å². The lowest BCUT2D eigenvalue weighted by Crippen LogP contribution is -2.38. The van der Waals surface area contributed by atoms with Gasteiger partial charge in [-0.1, -0.05) is 6.07 Å². The Kier molecular flexibility index (Phi) is 5.91. The van der Waals surface area contributed by atoms with Crippen molar-refractivity contribution in [1.29, 1.82) is 0 Å². The molecule has 21 heavy (non-hydrogen) atoms. The first kappa shape index (κ1) is 17.2. The van der Waals surface area contributed by atoms with Gasteiger partial charge in [-0.15, -0.1) is 0 Å². The highest BCUT2D eigenvalue weighted by Gasteiger charge is 2.29. The van der Waals surface area contributed by atoms with Crippen LogP contribution in [-0.2, 0) is 0 Å². The zero-order chi connectivity index (χ0) is 16.0. The summed E-state index contributed by atoms with van der Waals surface area (Å²) < 4.78 is 41.5. The Hall–Kier alpha value is -1.87. The Morgan fingerprint density at radius 2 is 2.14 bits per heavy atom. The summed E-state index contributed by atoms with van der Waals surface area (Å²) in [6.07, 6.45) is -5.48. The molecule has 0 bridgehead atoms. The minimum atomic E-state index is -4.34. The van der Waals surface area contributed by atoms with Gasteiger partial charge in [0.1, 0.15) is 18.5 Å². The molecule has 1 rings (SSSR count). The second-order valence-electron chi connectivity index (χ2n) is 4.53. The average Bonchev–Trinajstić information content (AvgIpc) is 2.34. The molecule has 1 atom stereocenters. The van der Waals surface area contributed by atoms with Crippen molar-refractivity contribution >= 4 is 5.69 Å². The van der Waals surface area contributed by atoms with E-state index in [2.05, 4.69) is 0 Å². The summed E-state index contributed by atoms with van der Waals surface area (Å²) in [7, 11) is 1.23. The zero-order valence-electron chi connectivity index (χ0n) is 11.2. The molecule has 1 aromatic rings. The number of nitro groups is 1. The Balaban J connectivity index is 2.44. The van der Waals surface area contributed by atoms with E-state index >= 15 is 0 Å². The number of hydrogen-bond donors (Lipinski definition) is 1. The van der Waals surface area contributed by atoms with Gasteiger partial charge in [-0.3, -0.25) is 15.0 Å². The monoisotopic (exact) mass is 308 g/mol. The second-order valence-corrected chi connectivity index (χ2v) is 4.53. The second kappa shape index (κ2) is 7.23. The van der Waals surface area contributed by atoms with E-state index in [1.807, 2.05) is 0 Å². The number of halogens is 3. The highest BCUT2D eigenvalue weighted by molar-refractivity contribution is 5.37. The van der Waals surface area contributed by atoms with E-state index in [1.165, 1.54) is 31.3 Å². The van der Waals surface area contributed by atoms with Gasteiger partial charge in [0.05, 0.1) is 17.5 Å².